The second-order valence-electron chi connectivity index (χ2n) is 5.05. The van der Waals surface area contributed by atoms with E-state index in [9.17, 15) is 9.59 Å². The predicted octanol–water partition coefficient (Wildman–Crippen LogP) is 1.60. The van der Waals surface area contributed by atoms with Crippen molar-refractivity contribution >= 4 is 11.9 Å². The molecule has 0 aliphatic carbocycles. The summed E-state index contributed by atoms with van der Waals surface area (Å²) >= 11 is 0. The number of hydrogen-bond donors (Lipinski definition) is 2. The van der Waals surface area contributed by atoms with Gasteiger partial charge in [-0.15, -0.1) is 0 Å². The second kappa shape index (κ2) is 6.56. The van der Waals surface area contributed by atoms with Crippen LogP contribution in [0.4, 0.5) is 0 Å². The standard InChI is InChI=1S/C14H20N2O4/c15-9-11-5-6-12(20-11)14(19)16-8-2-1-3-10(16)4-7-13(17)18/h5-6,10H,1-4,7-9,15H2,(H,17,18). The van der Waals surface area contributed by atoms with Crippen molar-refractivity contribution in [1.82, 2.24) is 4.90 Å². The lowest BCUT2D eigenvalue weighted by Gasteiger charge is -2.35. The maximum absolute atomic E-state index is 12.4. The predicted molar refractivity (Wildman–Crippen MR) is 72.1 cm³/mol. The Morgan fingerprint density at radius 2 is 2.20 bits per heavy atom. The Balaban J connectivity index is 2.06. The van der Waals surface area contributed by atoms with E-state index >= 15 is 0 Å². The average Bonchev–Trinajstić information content (AvgIpc) is 2.93. The number of carbonyl (C=O) groups is 2. The minimum atomic E-state index is -0.827. The third-order valence-electron chi connectivity index (χ3n) is 3.65. The number of carboxylic acids is 1. The van der Waals surface area contributed by atoms with Crippen LogP contribution in [0.5, 0.6) is 0 Å². The second-order valence-corrected chi connectivity index (χ2v) is 5.05. The van der Waals surface area contributed by atoms with Crippen LogP contribution in [0.15, 0.2) is 16.5 Å². The van der Waals surface area contributed by atoms with Gasteiger partial charge in [0.2, 0.25) is 0 Å². The minimum absolute atomic E-state index is 0.0150. The molecule has 6 heteroatoms. The zero-order valence-corrected chi connectivity index (χ0v) is 11.4. The van der Waals surface area contributed by atoms with Gasteiger partial charge in [0.1, 0.15) is 5.76 Å². The van der Waals surface area contributed by atoms with Crippen LogP contribution in [0.25, 0.3) is 0 Å². The molecule has 1 atom stereocenters. The van der Waals surface area contributed by atoms with E-state index < -0.39 is 5.97 Å². The zero-order chi connectivity index (χ0) is 14.5. The summed E-state index contributed by atoms with van der Waals surface area (Å²) in [6.07, 6.45) is 3.40. The van der Waals surface area contributed by atoms with Crippen LogP contribution in [-0.2, 0) is 11.3 Å². The van der Waals surface area contributed by atoms with Gasteiger partial charge in [0.15, 0.2) is 5.76 Å². The molecule has 3 N–H and O–H groups in total. The summed E-state index contributed by atoms with van der Waals surface area (Å²) in [5.74, 6) is -0.133. The number of amides is 1. The molecule has 1 aliphatic heterocycles. The van der Waals surface area contributed by atoms with E-state index in [0.29, 0.717) is 18.7 Å². The van der Waals surface area contributed by atoms with Crippen molar-refractivity contribution in [2.24, 2.45) is 5.73 Å². The molecular weight excluding hydrogens is 260 g/mol. The number of furan rings is 1. The summed E-state index contributed by atoms with van der Waals surface area (Å²) in [4.78, 5) is 24.9. The highest BCUT2D eigenvalue weighted by Gasteiger charge is 2.29. The topological polar surface area (TPSA) is 96.8 Å². The van der Waals surface area contributed by atoms with E-state index in [4.69, 9.17) is 15.3 Å². The molecule has 1 aromatic rings. The number of nitrogens with zero attached hydrogens (tertiary/aromatic N) is 1. The SMILES string of the molecule is NCc1ccc(C(=O)N2CCCCC2CCC(=O)O)o1. The third kappa shape index (κ3) is 3.39. The van der Waals surface area contributed by atoms with Crippen LogP contribution in [0.1, 0.15) is 48.4 Å². The summed E-state index contributed by atoms with van der Waals surface area (Å²) in [5.41, 5.74) is 5.47. The molecule has 0 aromatic carbocycles. The highest BCUT2D eigenvalue weighted by molar-refractivity contribution is 5.91. The Kier molecular flexibility index (Phi) is 4.79. The van der Waals surface area contributed by atoms with Crippen molar-refractivity contribution in [3.8, 4) is 0 Å². The van der Waals surface area contributed by atoms with E-state index in [1.54, 1.807) is 17.0 Å². The fourth-order valence-corrected chi connectivity index (χ4v) is 2.60. The van der Waals surface area contributed by atoms with Crippen LogP contribution in [-0.4, -0.2) is 34.5 Å². The molecule has 1 fully saturated rings. The highest BCUT2D eigenvalue weighted by Crippen LogP contribution is 2.23. The molecule has 110 valence electrons. The van der Waals surface area contributed by atoms with Gasteiger partial charge in [-0.1, -0.05) is 0 Å². The van der Waals surface area contributed by atoms with Gasteiger partial charge in [-0.2, -0.15) is 0 Å². The van der Waals surface area contributed by atoms with Crippen LogP contribution < -0.4 is 5.73 Å². The van der Waals surface area contributed by atoms with Crippen LogP contribution >= 0.6 is 0 Å². The Bertz CT molecular complexity index is 483. The molecule has 1 saturated heterocycles. The lowest BCUT2D eigenvalue weighted by atomic mass is 9.97. The van der Waals surface area contributed by atoms with Crippen molar-refractivity contribution in [1.29, 1.82) is 0 Å². The monoisotopic (exact) mass is 280 g/mol. The van der Waals surface area contributed by atoms with Crippen molar-refractivity contribution < 1.29 is 19.1 Å². The first-order valence-electron chi connectivity index (χ1n) is 6.93. The molecule has 0 spiro atoms. The van der Waals surface area contributed by atoms with Crippen LogP contribution in [0.3, 0.4) is 0 Å². The van der Waals surface area contributed by atoms with Crippen molar-refractivity contribution in [2.45, 2.75) is 44.7 Å². The quantitative estimate of drug-likeness (QED) is 0.853. The first-order valence-corrected chi connectivity index (χ1v) is 6.93. The molecule has 1 aromatic heterocycles. The summed E-state index contributed by atoms with van der Waals surface area (Å²) in [6, 6.07) is 3.32. The van der Waals surface area contributed by atoms with Gasteiger partial charge in [-0.3, -0.25) is 9.59 Å². The van der Waals surface area contributed by atoms with Gasteiger partial charge >= 0.3 is 5.97 Å². The smallest absolute Gasteiger partial charge is 0.303 e. The first-order chi connectivity index (χ1) is 9.61. The number of nitrogens with two attached hydrogens (primary N) is 1. The molecule has 2 rings (SSSR count). The summed E-state index contributed by atoms with van der Waals surface area (Å²) in [7, 11) is 0. The summed E-state index contributed by atoms with van der Waals surface area (Å²) in [5, 5.41) is 8.79. The molecule has 20 heavy (non-hydrogen) atoms. The van der Waals surface area contributed by atoms with Gasteiger partial charge in [0.25, 0.3) is 5.91 Å². The van der Waals surface area contributed by atoms with E-state index in [2.05, 4.69) is 0 Å². The Labute approximate surface area is 117 Å². The van der Waals surface area contributed by atoms with E-state index in [1.165, 1.54) is 0 Å². The molecule has 1 aliphatic rings. The Hall–Kier alpha value is -1.82. The van der Waals surface area contributed by atoms with Gasteiger partial charge in [-0.05, 0) is 37.8 Å². The minimum Gasteiger partial charge on any atom is -0.481 e. The maximum atomic E-state index is 12.4. The third-order valence-corrected chi connectivity index (χ3v) is 3.65. The largest absolute Gasteiger partial charge is 0.481 e. The fourth-order valence-electron chi connectivity index (χ4n) is 2.60. The van der Waals surface area contributed by atoms with Crippen molar-refractivity contribution in [3.63, 3.8) is 0 Å². The Morgan fingerprint density at radius 3 is 2.85 bits per heavy atom. The van der Waals surface area contributed by atoms with Crippen LogP contribution in [0, 0.1) is 0 Å². The molecule has 0 radical (unpaired) electrons. The van der Waals surface area contributed by atoms with Crippen LogP contribution in [0.2, 0.25) is 0 Å². The lowest BCUT2D eigenvalue weighted by Crippen LogP contribution is -2.43. The number of hydrogen-bond acceptors (Lipinski definition) is 4. The molecule has 2 heterocycles. The van der Waals surface area contributed by atoms with E-state index in [-0.39, 0.29) is 30.7 Å². The number of carboxylic acid groups (broad SMARTS) is 1. The number of carbonyl (C=O) groups excluding carboxylic acids is 1. The number of aliphatic carboxylic acids is 1. The fraction of sp³-hybridized carbons (Fsp3) is 0.571. The summed E-state index contributed by atoms with van der Waals surface area (Å²) in [6.45, 7) is 0.914. The molecule has 6 nitrogen and oxygen atoms in total. The van der Waals surface area contributed by atoms with E-state index in [1.807, 2.05) is 0 Å². The number of rotatable bonds is 5. The van der Waals surface area contributed by atoms with Gasteiger partial charge in [-0.25, -0.2) is 0 Å². The average molecular weight is 280 g/mol. The summed E-state index contributed by atoms with van der Waals surface area (Å²) < 4.78 is 5.39. The number of likely N-dealkylation sites (tertiary alicyclic amines) is 1. The molecule has 1 unspecified atom stereocenters. The molecule has 0 saturated carbocycles. The number of piperidine rings is 1. The zero-order valence-electron chi connectivity index (χ0n) is 11.4. The molecule has 0 bridgehead atoms. The van der Waals surface area contributed by atoms with Gasteiger partial charge < -0.3 is 20.2 Å². The lowest BCUT2D eigenvalue weighted by molar-refractivity contribution is -0.137. The maximum Gasteiger partial charge on any atom is 0.303 e. The normalized spacial score (nSPS) is 19.1. The molecular formula is C14H20N2O4. The van der Waals surface area contributed by atoms with Crippen molar-refractivity contribution in [3.05, 3.63) is 23.7 Å². The molecule has 1 amide bonds. The Morgan fingerprint density at radius 1 is 1.40 bits per heavy atom. The van der Waals surface area contributed by atoms with Crippen molar-refractivity contribution in [2.75, 3.05) is 6.54 Å². The van der Waals surface area contributed by atoms with Gasteiger partial charge in [0, 0.05) is 19.0 Å². The van der Waals surface area contributed by atoms with Gasteiger partial charge in [0.05, 0.1) is 6.54 Å². The first kappa shape index (κ1) is 14.6. The highest BCUT2D eigenvalue weighted by atomic mass is 16.4. The van der Waals surface area contributed by atoms with E-state index in [0.717, 1.165) is 19.3 Å².